The van der Waals surface area contributed by atoms with Gasteiger partial charge in [0.2, 0.25) is 5.91 Å². The van der Waals surface area contributed by atoms with Gasteiger partial charge in [0.15, 0.2) is 0 Å². The first kappa shape index (κ1) is 14.1. The predicted octanol–water partition coefficient (Wildman–Crippen LogP) is 1.79. The fraction of sp³-hybridized carbons (Fsp3) is 0.471. The summed E-state index contributed by atoms with van der Waals surface area (Å²) in [5, 5.41) is 4.27. The molecule has 112 valence electrons. The maximum absolute atomic E-state index is 12.2. The number of likely N-dealkylation sites (tertiary alicyclic amines) is 1. The molecule has 0 aliphatic carbocycles. The average Bonchev–Trinajstić information content (AvgIpc) is 3.02. The minimum absolute atomic E-state index is 0.126. The molecule has 1 atom stereocenters. The molecule has 0 bridgehead atoms. The van der Waals surface area contributed by atoms with Crippen molar-refractivity contribution in [2.45, 2.75) is 12.8 Å². The quantitative estimate of drug-likeness (QED) is 0.930. The van der Waals surface area contributed by atoms with Crippen molar-refractivity contribution in [1.82, 2.24) is 14.8 Å². The second kappa shape index (κ2) is 5.90. The van der Waals surface area contributed by atoms with Gasteiger partial charge in [-0.2, -0.15) is 0 Å². The van der Waals surface area contributed by atoms with Crippen LogP contribution in [0.1, 0.15) is 12.0 Å². The Hall–Kier alpha value is -1.81. The average molecular weight is 285 g/mol. The normalized spacial score (nSPS) is 19.2. The van der Waals surface area contributed by atoms with E-state index in [4.69, 9.17) is 0 Å². The molecule has 1 aliphatic rings. The number of fused-ring (bicyclic) bond motifs is 1. The van der Waals surface area contributed by atoms with Crippen LogP contribution in [0.5, 0.6) is 0 Å². The molecule has 21 heavy (non-hydrogen) atoms. The number of amides is 1. The van der Waals surface area contributed by atoms with E-state index in [1.54, 1.807) is 0 Å². The van der Waals surface area contributed by atoms with Crippen molar-refractivity contribution >= 4 is 16.8 Å². The van der Waals surface area contributed by atoms with Crippen molar-refractivity contribution < 1.29 is 4.79 Å². The number of benzene rings is 1. The number of carbonyl (C=O) groups excluding carboxylic acids is 1. The molecule has 2 aromatic rings. The van der Waals surface area contributed by atoms with Crippen LogP contribution in [0, 0.1) is 5.92 Å². The van der Waals surface area contributed by atoms with E-state index in [0.717, 1.165) is 25.2 Å². The second-order valence-electron chi connectivity index (χ2n) is 6.18. The summed E-state index contributed by atoms with van der Waals surface area (Å²) in [6.45, 7) is 3.03. The van der Waals surface area contributed by atoms with Crippen LogP contribution in [0.25, 0.3) is 10.9 Å². The Morgan fingerprint density at radius 3 is 2.90 bits per heavy atom. The summed E-state index contributed by atoms with van der Waals surface area (Å²) in [5.41, 5.74) is 2.28. The van der Waals surface area contributed by atoms with E-state index in [2.05, 4.69) is 40.2 Å². The lowest BCUT2D eigenvalue weighted by Gasteiger charge is -2.11. The van der Waals surface area contributed by atoms with Crippen molar-refractivity contribution in [3.63, 3.8) is 0 Å². The van der Waals surface area contributed by atoms with Crippen LogP contribution in [0.15, 0.2) is 30.5 Å². The molecule has 2 heterocycles. The maximum atomic E-state index is 12.2. The van der Waals surface area contributed by atoms with E-state index in [9.17, 15) is 4.79 Å². The topological polar surface area (TPSA) is 37.3 Å². The van der Waals surface area contributed by atoms with Crippen molar-refractivity contribution in [3.8, 4) is 0 Å². The summed E-state index contributed by atoms with van der Waals surface area (Å²) in [4.78, 5) is 14.5. The van der Waals surface area contributed by atoms with Crippen LogP contribution in [-0.2, 0) is 18.3 Å². The first-order chi connectivity index (χ1) is 10.1. The molecule has 0 saturated carbocycles. The molecule has 1 N–H and O–H groups in total. The van der Waals surface area contributed by atoms with E-state index in [1.807, 2.05) is 19.2 Å². The molecule has 1 saturated heterocycles. The molecule has 0 unspecified atom stereocenters. The first-order valence-electron chi connectivity index (χ1n) is 7.61. The lowest BCUT2D eigenvalue weighted by molar-refractivity contribution is -0.120. The second-order valence-corrected chi connectivity index (χ2v) is 6.18. The van der Waals surface area contributed by atoms with E-state index in [1.165, 1.54) is 17.3 Å². The van der Waals surface area contributed by atoms with Gasteiger partial charge in [0, 0.05) is 37.2 Å². The SMILES string of the molecule is CN1CC[C@@H](CNC(=O)Cc2cn(C)c3ccccc23)C1. The number of aromatic nitrogens is 1. The number of nitrogens with one attached hydrogen (secondary N) is 1. The number of aryl methyl sites for hydroxylation is 1. The standard InChI is InChI=1S/C17H23N3O/c1-19-8-7-13(11-19)10-18-17(21)9-14-12-20(2)16-6-4-3-5-15(14)16/h3-6,12-13H,7-11H2,1-2H3,(H,18,21)/t13-/m0/s1. The number of para-hydroxylation sites is 1. The number of rotatable bonds is 4. The lowest BCUT2D eigenvalue weighted by atomic mass is 10.1. The molecule has 4 nitrogen and oxygen atoms in total. The fourth-order valence-electron chi connectivity index (χ4n) is 3.25. The Labute approximate surface area is 125 Å². The van der Waals surface area contributed by atoms with E-state index in [-0.39, 0.29) is 5.91 Å². The third kappa shape index (κ3) is 3.10. The van der Waals surface area contributed by atoms with Gasteiger partial charge in [-0.1, -0.05) is 18.2 Å². The minimum Gasteiger partial charge on any atom is -0.355 e. The highest BCUT2D eigenvalue weighted by Crippen LogP contribution is 2.20. The largest absolute Gasteiger partial charge is 0.355 e. The van der Waals surface area contributed by atoms with Crippen molar-refractivity contribution in [3.05, 3.63) is 36.0 Å². The summed E-state index contributed by atoms with van der Waals surface area (Å²) >= 11 is 0. The van der Waals surface area contributed by atoms with Gasteiger partial charge >= 0.3 is 0 Å². The Kier molecular flexibility index (Phi) is 3.97. The van der Waals surface area contributed by atoms with Crippen LogP contribution in [-0.4, -0.2) is 42.1 Å². The predicted molar refractivity (Wildman–Crippen MR) is 85.2 cm³/mol. The Bertz CT molecular complexity index is 647. The Morgan fingerprint density at radius 2 is 2.14 bits per heavy atom. The van der Waals surface area contributed by atoms with Crippen LogP contribution in [0.2, 0.25) is 0 Å². The zero-order valence-corrected chi connectivity index (χ0v) is 12.8. The van der Waals surface area contributed by atoms with E-state index >= 15 is 0 Å². The highest BCUT2D eigenvalue weighted by Gasteiger charge is 2.20. The van der Waals surface area contributed by atoms with Crippen LogP contribution in [0.3, 0.4) is 0 Å². The van der Waals surface area contributed by atoms with Gasteiger partial charge in [0.1, 0.15) is 0 Å². The fourth-order valence-corrected chi connectivity index (χ4v) is 3.25. The summed E-state index contributed by atoms with van der Waals surface area (Å²) in [7, 11) is 4.16. The highest BCUT2D eigenvalue weighted by molar-refractivity contribution is 5.89. The molecule has 3 rings (SSSR count). The zero-order chi connectivity index (χ0) is 14.8. The van der Waals surface area contributed by atoms with Crippen LogP contribution in [0.4, 0.5) is 0 Å². The number of carbonyl (C=O) groups is 1. The first-order valence-corrected chi connectivity index (χ1v) is 7.61. The minimum atomic E-state index is 0.126. The molecule has 1 aromatic carbocycles. The van der Waals surface area contributed by atoms with Gasteiger partial charge in [-0.05, 0) is 37.6 Å². The molecule has 0 radical (unpaired) electrons. The summed E-state index contributed by atoms with van der Waals surface area (Å²) in [6, 6.07) is 8.23. The van der Waals surface area contributed by atoms with Gasteiger partial charge in [0.05, 0.1) is 6.42 Å². The molecule has 0 spiro atoms. The van der Waals surface area contributed by atoms with Gasteiger partial charge < -0.3 is 14.8 Å². The van der Waals surface area contributed by atoms with Crippen molar-refractivity contribution in [1.29, 1.82) is 0 Å². The molecule has 1 aliphatic heterocycles. The lowest BCUT2D eigenvalue weighted by Crippen LogP contribution is -2.31. The molecule has 4 heteroatoms. The van der Waals surface area contributed by atoms with Crippen LogP contribution >= 0.6 is 0 Å². The number of nitrogens with zero attached hydrogens (tertiary/aromatic N) is 2. The van der Waals surface area contributed by atoms with Gasteiger partial charge in [-0.3, -0.25) is 4.79 Å². The summed E-state index contributed by atoms with van der Waals surface area (Å²) < 4.78 is 2.09. The maximum Gasteiger partial charge on any atom is 0.224 e. The van der Waals surface area contributed by atoms with Gasteiger partial charge in [-0.15, -0.1) is 0 Å². The van der Waals surface area contributed by atoms with Crippen molar-refractivity contribution in [2.75, 3.05) is 26.7 Å². The van der Waals surface area contributed by atoms with E-state index in [0.29, 0.717) is 12.3 Å². The van der Waals surface area contributed by atoms with Gasteiger partial charge in [0.25, 0.3) is 0 Å². The smallest absolute Gasteiger partial charge is 0.224 e. The third-order valence-corrected chi connectivity index (χ3v) is 4.41. The number of hydrogen-bond acceptors (Lipinski definition) is 2. The van der Waals surface area contributed by atoms with Gasteiger partial charge in [-0.25, -0.2) is 0 Å². The zero-order valence-electron chi connectivity index (χ0n) is 12.8. The summed E-state index contributed by atoms with van der Waals surface area (Å²) in [5.74, 6) is 0.729. The molecule has 1 fully saturated rings. The molecular weight excluding hydrogens is 262 g/mol. The molecule has 1 amide bonds. The Morgan fingerprint density at radius 1 is 1.33 bits per heavy atom. The monoisotopic (exact) mass is 285 g/mol. The Balaban J connectivity index is 1.61. The third-order valence-electron chi connectivity index (χ3n) is 4.41. The summed E-state index contributed by atoms with van der Waals surface area (Å²) in [6.07, 6.45) is 3.71. The van der Waals surface area contributed by atoms with Crippen LogP contribution < -0.4 is 5.32 Å². The molecule has 1 aromatic heterocycles. The van der Waals surface area contributed by atoms with E-state index < -0.39 is 0 Å². The molecular formula is C17H23N3O. The number of hydrogen-bond donors (Lipinski definition) is 1. The highest BCUT2D eigenvalue weighted by atomic mass is 16.1. The van der Waals surface area contributed by atoms with Crippen molar-refractivity contribution in [2.24, 2.45) is 13.0 Å².